The summed E-state index contributed by atoms with van der Waals surface area (Å²) in [4.78, 5) is 21.3. The number of anilines is 1. The van der Waals surface area contributed by atoms with Gasteiger partial charge in [-0.3, -0.25) is 4.79 Å². The van der Waals surface area contributed by atoms with Crippen molar-refractivity contribution >= 4 is 17.6 Å². The lowest BCUT2D eigenvalue weighted by atomic mass is 10.2. The fraction of sp³-hybridized carbons (Fsp3) is 0.400. The van der Waals surface area contributed by atoms with Crippen molar-refractivity contribution in [3.63, 3.8) is 0 Å². The Hall–Kier alpha value is -2.56. The van der Waals surface area contributed by atoms with Crippen molar-refractivity contribution in [1.29, 1.82) is 0 Å². The van der Waals surface area contributed by atoms with E-state index in [2.05, 4.69) is 16.8 Å². The van der Waals surface area contributed by atoms with E-state index >= 15 is 0 Å². The van der Waals surface area contributed by atoms with Crippen LogP contribution in [-0.2, 0) is 11.3 Å². The third-order valence-electron chi connectivity index (χ3n) is 4.37. The van der Waals surface area contributed by atoms with E-state index in [-0.39, 0.29) is 11.9 Å². The van der Waals surface area contributed by atoms with Crippen LogP contribution in [0.3, 0.4) is 0 Å². The smallest absolute Gasteiger partial charge is 0.258 e. The van der Waals surface area contributed by atoms with Gasteiger partial charge in [0.15, 0.2) is 0 Å². The van der Waals surface area contributed by atoms with Crippen LogP contribution in [0.5, 0.6) is 0 Å². The number of hydrogen-bond acceptors (Lipinski definition) is 4. The summed E-state index contributed by atoms with van der Waals surface area (Å²) >= 11 is 0. The highest BCUT2D eigenvalue weighted by molar-refractivity contribution is 6.21. The molecular formula is C20H25N3O2. The Morgan fingerprint density at radius 1 is 1.24 bits per heavy atom. The lowest BCUT2D eigenvalue weighted by molar-refractivity contribution is -0.117. The van der Waals surface area contributed by atoms with Crippen LogP contribution in [0.4, 0.5) is 5.69 Å². The molecule has 1 atom stereocenters. The second kappa shape index (κ2) is 7.55. The van der Waals surface area contributed by atoms with Crippen LogP contribution in [0, 0.1) is 6.92 Å². The molecule has 1 amide bonds. The molecule has 0 radical (unpaired) electrons. The van der Waals surface area contributed by atoms with Gasteiger partial charge in [-0.1, -0.05) is 31.0 Å². The van der Waals surface area contributed by atoms with Crippen molar-refractivity contribution in [2.75, 3.05) is 11.4 Å². The molecule has 5 heteroatoms. The zero-order chi connectivity index (χ0) is 17.8. The number of aryl methyl sites for hydroxylation is 1. The van der Waals surface area contributed by atoms with E-state index in [1.807, 2.05) is 50.2 Å². The lowest BCUT2D eigenvalue weighted by Crippen LogP contribution is -2.44. The molecule has 2 heterocycles. The van der Waals surface area contributed by atoms with Crippen LogP contribution in [-0.4, -0.2) is 29.4 Å². The largest absolute Gasteiger partial charge is 0.467 e. The number of guanidine groups is 1. The molecule has 25 heavy (non-hydrogen) atoms. The van der Waals surface area contributed by atoms with Gasteiger partial charge in [0.2, 0.25) is 5.96 Å². The average Bonchev–Trinajstić information content (AvgIpc) is 3.21. The molecule has 1 aliphatic heterocycles. The first-order chi connectivity index (χ1) is 12.1. The van der Waals surface area contributed by atoms with Gasteiger partial charge in [0, 0.05) is 6.54 Å². The highest BCUT2D eigenvalue weighted by Gasteiger charge is 2.36. The van der Waals surface area contributed by atoms with Gasteiger partial charge in [0.1, 0.15) is 11.8 Å². The predicted octanol–water partition coefficient (Wildman–Crippen LogP) is 3.98. The summed E-state index contributed by atoms with van der Waals surface area (Å²) in [6.45, 7) is 7.48. The maximum atomic E-state index is 12.7. The van der Waals surface area contributed by atoms with Gasteiger partial charge >= 0.3 is 0 Å². The Bertz CT molecular complexity index is 735. The zero-order valence-corrected chi connectivity index (χ0v) is 15.1. The maximum Gasteiger partial charge on any atom is 0.258 e. The summed E-state index contributed by atoms with van der Waals surface area (Å²) in [5.74, 6) is 1.60. The normalized spacial score (nSPS) is 17.1. The second-order valence-electron chi connectivity index (χ2n) is 6.47. The third kappa shape index (κ3) is 3.76. The molecule has 0 saturated carbocycles. The number of rotatable bonds is 6. The molecule has 0 saturated heterocycles. The van der Waals surface area contributed by atoms with Crippen LogP contribution in [0.25, 0.3) is 0 Å². The van der Waals surface area contributed by atoms with E-state index in [4.69, 9.17) is 4.42 Å². The minimum absolute atomic E-state index is 0.0137. The second-order valence-corrected chi connectivity index (χ2v) is 6.47. The van der Waals surface area contributed by atoms with Crippen LogP contribution < -0.4 is 4.90 Å². The van der Waals surface area contributed by atoms with Crippen LogP contribution >= 0.6 is 0 Å². The van der Waals surface area contributed by atoms with Gasteiger partial charge in [-0.15, -0.1) is 0 Å². The zero-order valence-electron chi connectivity index (χ0n) is 15.1. The Morgan fingerprint density at radius 2 is 2.00 bits per heavy atom. The number of carbonyl (C=O) groups excluding carboxylic acids is 1. The number of aliphatic imine (C=N–C) groups is 1. The molecular weight excluding hydrogens is 314 g/mol. The van der Waals surface area contributed by atoms with Crippen LogP contribution in [0.1, 0.15) is 38.0 Å². The summed E-state index contributed by atoms with van der Waals surface area (Å²) in [6.07, 6.45) is 3.79. The number of nitrogens with zero attached hydrogens (tertiary/aromatic N) is 3. The SMILES string of the molecule is CCCCN(Cc1ccco1)C1=NC(C)C(=O)N1c1ccc(C)cc1. The molecule has 0 bridgehead atoms. The molecule has 2 aromatic rings. The fourth-order valence-electron chi connectivity index (χ4n) is 2.92. The van der Waals surface area contributed by atoms with Gasteiger partial charge in [0.05, 0.1) is 18.5 Å². The Balaban J connectivity index is 1.91. The first-order valence-corrected chi connectivity index (χ1v) is 8.86. The molecule has 0 N–H and O–H groups in total. The number of carbonyl (C=O) groups is 1. The molecule has 3 rings (SSSR count). The standard InChI is InChI=1S/C20H25N3O2/c1-4-5-12-22(14-18-7-6-13-25-18)20-21-16(3)19(24)23(20)17-10-8-15(2)9-11-17/h6-11,13,16H,4-5,12,14H2,1-3H3. The Kier molecular flexibility index (Phi) is 5.22. The fourth-order valence-corrected chi connectivity index (χ4v) is 2.92. The molecule has 1 unspecified atom stereocenters. The van der Waals surface area contributed by atoms with E-state index in [0.717, 1.165) is 30.8 Å². The molecule has 0 spiro atoms. The summed E-state index contributed by atoms with van der Waals surface area (Å²) in [5, 5.41) is 0. The molecule has 1 aromatic carbocycles. The summed E-state index contributed by atoms with van der Waals surface area (Å²) in [7, 11) is 0. The molecule has 0 aliphatic carbocycles. The van der Waals surface area contributed by atoms with Crippen molar-refractivity contribution in [3.05, 3.63) is 54.0 Å². The topological polar surface area (TPSA) is 49.1 Å². The number of amides is 1. The Labute approximate surface area is 149 Å². The third-order valence-corrected chi connectivity index (χ3v) is 4.37. The summed E-state index contributed by atoms with van der Waals surface area (Å²) in [5.41, 5.74) is 2.03. The monoisotopic (exact) mass is 339 g/mol. The Morgan fingerprint density at radius 3 is 2.64 bits per heavy atom. The van der Waals surface area contributed by atoms with E-state index in [1.165, 1.54) is 5.56 Å². The number of furan rings is 1. The maximum absolute atomic E-state index is 12.7. The minimum atomic E-state index is -0.364. The minimum Gasteiger partial charge on any atom is -0.467 e. The van der Waals surface area contributed by atoms with E-state index in [1.54, 1.807) is 11.2 Å². The van der Waals surface area contributed by atoms with Crippen LogP contribution in [0.15, 0.2) is 52.1 Å². The molecule has 5 nitrogen and oxygen atoms in total. The van der Waals surface area contributed by atoms with Gasteiger partial charge < -0.3 is 9.32 Å². The molecule has 132 valence electrons. The van der Waals surface area contributed by atoms with E-state index in [0.29, 0.717) is 12.5 Å². The highest BCUT2D eigenvalue weighted by atomic mass is 16.3. The average molecular weight is 339 g/mol. The van der Waals surface area contributed by atoms with E-state index in [9.17, 15) is 4.79 Å². The van der Waals surface area contributed by atoms with Gasteiger partial charge in [-0.2, -0.15) is 0 Å². The van der Waals surface area contributed by atoms with Crippen molar-refractivity contribution in [2.45, 2.75) is 46.2 Å². The first-order valence-electron chi connectivity index (χ1n) is 8.86. The molecule has 0 fully saturated rings. The van der Waals surface area contributed by atoms with Crippen LogP contribution in [0.2, 0.25) is 0 Å². The molecule has 1 aromatic heterocycles. The lowest BCUT2D eigenvalue weighted by Gasteiger charge is -2.29. The van der Waals surface area contributed by atoms with Gasteiger partial charge in [-0.25, -0.2) is 9.89 Å². The van der Waals surface area contributed by atoms with Crippen molar-refractivity contribution < 1.29 is 9.21 Å². The van der Waals surface area contributed by atoms with Gasteiger partial charge in [-0.05, 0) is 44.5 Å². The number of unbranched alkanes of at least 4 members (excludes halogenated alkanes) is 1. The first kappa shape index (κ1) is 17.3. The quantitative estimate of drug-likeness (QED) is 0.800. The van der Waals surface area contributed by atoms with Crippen molar-refractivity contribution in [1.82, 2.24) is 4.90 Å². The van der Waals surface area contributed by atoms with Gasteiger partial charge in [0.25, 0.3) is 5.91 Å². The summed E-state index contributed by atoms with van der Waals surface area (Å²) in [6, 6.07) is 11.5. The predicted molar refractivity (Wildman–Crippen MR) is 99.6 cm³/mol. The number of hydrogen-bond donors (Lipinski definition) is 0. The highest BCUT2D eigenvalue weighted by Crippen LogP contribution is 2.25. The summed E-state index contributed by atoms with van der Waals surface area (Å²) < 4.78 is 5.51. The van der Waals surface area contributed by atoms with E-state index < -0.39 is 0 Å². The molecule has 1 aliphatic rings. The number of benzene rings is 1. The van der Waals surface area contributed by atoms with Crippen molar-refractivity contribution in [2.24, 2.45) is 4.99 Å². The van der Waals surface area contributed by atoms with Crippen molar-refractivity contribution in [3.8, 4) is 0 Å².